The molecule has 0 saturated carbocycles. The minimum absolute atomic E-state index is 0.179. The first-order chi connectivity index (χ1) is 9.28. The van der Waals surface area contributed by atoms with Gasteiger partial charge in [0.05, 0.1) is 12.3 Å². The van der Waals surface area contributed by atoms with Gasteiger partial charge >= 0.3 is 0 Å². The van der Waals surface area contributed by atoms with E-state index in [1.165, 1.54) is 0 Å². The van der Waals surface area contributed by atoms with Crippen LogP contribution in [0.3, 0.4) is 0 Å². The van der Waals surface area contributed by atoms with E-state index >= 15 is 0 Å². The second kappa shape index (κ2) is 7.61. The zero-order valence-electron chi connectivity index (χ0n) is 11.5. The highest BCUT2D eigenvalue weighted by Gasteiger charge is 2.13. The molecule has 0 aliphatic rings. The first-order valence-electron chi connectivity index (χ1n) is 6.27. The van der Waals surface area contributed by atoms with E-state index in [0.29, 0.717) is 23.0 Å². The minimum Gasteiger partial charge on any atom is -0.355 e. The summed E-state index contributed by atoms with van der Waals surface area (Å²) in [5.74, 6) is -0.190. The average molecular weight is 319 g/mol. The fourth-order valence-corrected chi connectivity index (χ4v) is 2.62. The first-order valence-corrected chi connectivity index (χ1v) is 8.30. The van der Waals surface area contributed by atoms with Crippen LogP contribution in [-0.4, -0.2) is 27.4 Å². The Morgan fingerprint density at radius 3 is 2.40 bits per heavy atom. The van der Waals surface area contributed by atoms with Crippen LogP contribution in [0.5, 0.6) is 0 Å². The molecule has 0 atom stereocenters. The molecule has 0 aliphatic heterocycles. The van der Waals surface area contributed by atoms with Crippen LogP contribution in [0.2, 0.25) is 5.02 Å². The number of halogens is 1. The highest BCUT2D eigenvalue weighted by molar-refractivity contribution is 7.88. The van der Waals surface area contributed by atoms with Crippen molar-refractivity contribution in [2.45, 2.75) is 19.6 Å². The summed E-state index contributed by atoms with van der Waals surface area (Å²) in [6, 6.07) is 6.53. The topological polar surface area (TPSA) is 75.3 Å². The molecule has 1 aromatic rings. The van der Waals surface area contributed by atoms with E-state index in [0.717, 1.165) is 0 Å². The van der Waals surface area contributed by atoms with E-state index in [-0.39, 0.29) is 18.2 Å². The van der Waals surface area contributed by atoms with Crippen molar-refractivity contribution in [3.05, 3.63) is 34.9 Å². The standard InChI is InChI=1S/C13H19ClN2O3S/c1-10(2)7-15-13(17)8-16-20(18,19)9-11-3-5-12(14)6-4-11/h3-6,10,16H,7-9H2,1-2H3,(H,15,17). The van der Waals surface area contributed by atoms with Crippen LogP contribution in [0.15, 0.2) is 24.3 Å². The van der Waals surface area contributed by atoms with Gasteiger partial charge in [-0.2, -0.15) is 0 Å². The van der Waals surface area contributed by atoms with Crippen LogP contribution >= 0.6 is 11.6 Å². The third-order valence-corrected chi connectivity index (χ3v) is 3.98. The molecule has 0 aromatic heterocycles. The minimum atomic E-state index is -3.54. The largest absolute Gasteiger partial charge is 0.355 e. The summed E-state index contributed by atoms with van der Waals surface area (Å²) in [6.45, 7) is 4.20. The molecule has 1 rings (SSSR count). The molecule has 2 N–H and O–H groups in total. The van der Waals surface area contributed by atoms with Gasteiger partial charge in [-0.15, -0.1) is 0 Å². The summed E-state index contributed by atoms with van der Waals surface area (Å²) >= 11 is 5.73. The Hall–Kier alpha value is -1.11. The summed E-state index contributed by atoms with van der Waals surface area (Å²) in [6.07, 6.45) is 0. The summed E-state index contributed by atoms with van der Waals surface area (Å²) in [5, 5.41) is 3.19. The van der Waals surface area contributed by atoms with Crippen molar-refractivity contribution in [1.82, 2.24) is 10.0 Å². The van der Waals surface area contributed by atoms with Crippen molar-refractivity contribution in [2.75, 3.05) is 13.1 Å². The third kappa shape index (κ3) is 6.88. The van der Waals surface area contributed by atoms with Gasteiger partial charge in [0.2, 0.25) is 15.9 Å². The molecule has 20 heavy (non-hydrogen) atoms. The number of amides is 1. The molecule has 0 radical (unpaired) electrons. The lowest BCUT2D eigenvalue weighted by Gasteiger charge is -2.09. The van der Waals surface area contributed by atoms with Crippen LogP contribution in [-0.2, 0) is 20.6 Å². The van der Waals surface area contributed by atoms with Crippen molar-refractivity contribution < 1.29 is 13.2 Å². The molecule has 0 spiro atoms. The maximum absolute atomic E-state index is 11.8. The third-order valence-electron chi connectivity index (χ3n) is 2.43. The molecule has 5 nitrogen and oxygen atoms in total. The zero-order chi connectivity index (χ0) is 15.2. The number of hydrogen-bond acceptors (Lipinski definition) is 3. The number of nitrogens with one attached hydrogen (secondary N) is 2. The molecule has 112 valence electrons. The second-order valence-electron chi connectivity index (χ2n) is 4.90. The van der Waals surface area contributed by atoms with Crippen LogP contribution < -0.4 is 10.0 Å². The predicted octanol–water partition coefficient (Wildman–Crippen LogP) is 1.53. The Morgan fingerprint density at radius 2 is 1.85 bits per heavy atom. The Balaban J connectivity index is 2.45. The van der Waals surface area contributed by atoms with Crippen LogP contribution in [0.25, 0.3) is 0 Å². The summed E-state index contributed by atoms with van der Waals surface area (Å²) in [5.41, 5.74) is 0.615. The van der Waals surface area contributed by atoms with Crippen LogP contribution in [0.4, 0.5) is 0 Å². The number of sulfonamides is 1. The molecule has 0 fully saturated rings. The molecule has 0 aliphatic carbocycles. The number of hydrogen-bond donors (Lipinski definition) is 2. The smallest absolute Gasteiger partial charge is 0.235 e. The lowest BCUT2D eigenvalue weighted by atomic mass is 10.2. The Bertz CT molecular complexity index is 541. The summed E-state index contributed by atoms with van der Waals surface area (Å²) < 4.78 is 25.9. The number of carbonyl (C=O) groups is 1. The first kappa shape index (κ1) is 16.9. The molecule has 1 amide bonds. The highest BCUT2D eigenvalue weighted by Crippen LogP contribution is 2.11. The molecule has 0 saturated heterocycles. The molecule has 1 aromatic carbocycles. The fourth-order valence-electron chi connectivity index (χ4n) is 1.41. The summed E-state index contributed by atoms with van der Waals surface area (Å²) in [7, 11) is -3.54. The van der Waals surface area contributed by atoms with E-state index < -0.39 is 10.0 Å². The van der Waals surface area contributed by atoms with Crippen molar-refractivity contribution in [3.8, 4) is 0 Å². The van der Waals surface area contributed by atoms with Gasteiger partial charge in [-0.05, 0) is 23.6 Å². The zero-order valence-corrected chi connectivity index (χ0v) is 13.1. The van der Waals surface area contributed by atoms with Crippen molar-refractivity contribution in [1.29, 1.82) is 0 Å². The number of carbonyl (C=O) groups excluding carboxylic acids is 1. The highest BCUT2D eigenvalue weighted by atomic mass is 35.5. The Labute approximate surface area is 124 Å². The Morgan fingerprint density at radius 1 is 1.25 bits per heavy atom. The van der Waals surface area contributed by atoms with Crippen LogP contribution in [0.1, 0.15) is 19.4 Å². The molecular weight excluding hydrogens is 300 g/mol. The molecule has 0 unspecified atom stereocenters. The molecule has 7 heteroatoms. The molecule has 0 heterocycles. The lowest BCUT2D eigenvalue weighted by Crippen LogP contribution is -2.38. The van der Waals surface area contributed by atoms with Gasteiger partial charge in [0.15, 0.2) is 0 Å². The van der Waals surface area contributed by atoms with Gasteiger partial charge in [-0.25, -0.2) is 13.1 Å². The second-order valence-corrected chi connectivity index (χ2v) is 7.15. The lowest BCUT2D eigenvalue weighted by molar-refractivity contribution is -0.120. The van der Waals surface area contributed by atoms with Crippen molar-refractivity contribution in [3.63, 3.8) is 0 Å². The quantitative estimate of drug-likeness (QED) is 0.800. The molecule has 0 bridgehead atoms. The van der Waals surface area contributed by atoms with Gasteiger partial charge in [0.1, 0.15) is 0 Å². The normalized spacial score (nSPS) is 11.6. The van der Waals surface area contributed by atoms with E-state index in [4.69, 9.17) is 11.6 Å². The SMILES string of the molecule is CC(C)CNC(=O)CNS(=O)(=O)Cc1ccc(Cl)cc1. The van der Waals surface area contributed by atoms with Crippen molar-refractivity contribution in [2.24, 2.45) is 5.92 Å². The maximum Gasteiger partial charge on any atom is 0.235 e. The van der Waals surface area contributed by atoms with E-state index in [1.807, 2.05) is 13.8 Å². The van der Waals surface area contributed by atoms with Crippen molar-refractivity contribution >= 4 is 27.5 Å². The van der Waals surface area contributed by atoms with E-state index in [2.05, 4.69) is 10.0 Å². The van der Waals surface area contributed by atoms with E-state index in [1.54, 1.807) is 24.3 Å². The monoisotopic (exact) mass is 318 g/mol. The average Bonchev–Trinajstić information content (AvgIpc) is 2.36. The fraction of sp³-hybridized carbons (Fsp3) is 0.462. The maximum atomic E-state index is 11.8. The van der Waals surface area contributed by atoms with Gasteiger partial charge in [0.25, 0.3) is 0 Å². The van der Waals surface area contributed by atoms with Gasteiger partial charge < -0.3 is 5.32 Å². The van der Waals surface area contributed by atoms with Gasteiger partial charge in [0, 0.05) is 11.6 Å². The van der Waals surface area contributed by atoms with E-state index in [9.17, 15) is 13.2 Å². The summed E-state index contributed by atoms with van der Waals surface area (Å²) in [4.78, 5) is 11.4. The number of benzene rings is 1. The predicted molar refractivity (Wildman–Crippen MR) is 79.9 cm³/mol. The van der Waals surface area contributed by atoms with Gasteiger partial charge in [-0.3, -0.25) is 4.79 Å². The van der Waals surface area contributed by atoms with Crippen LogP contribution in [0, 0.1) is 5.92 Å². The van der Waals surface area contributed by atoms with Gasteiger partial charge in [-0.1, -0.05) is 37.6 Å². The Kier molecular flexibility index (Phi) is 6.45. The number of rotatable bonds is 7. The molecular formula is C13H19ClN2O3S.